The van der Waals surface area contributed by atoms with E-state index in [1.54, 1.807) is 18.2 Å². The molecule has 0 bridgehead atoms. The first-order valence-electron chi connectivity index (χ1n) is 8.03. The van der Waals surface area contributed by atoms with Gasteiger partial charge in [-0.2, -0.15) is 0 Å². The van der Waals surface area contributed by atoms with Gasteiger partial charge in [-0.25, -0.2) is 4.79 Å². The summed E-state index contributed by atoms with van der Waals surface area (Å²) in [6.07, 6.45) is 1.63. The lowest BCUT2D eigenvalue weighted by Crippen LogP contribution is -2.16. The standard InChI is InChI=1S/C20H12Cl2O5/c21-13-5-11-17(7-15(13)23)27-18-8-16(24)14(22)6-12(18)19(11)9-3-1-2-4-10(9)20(25)26/h1-5,7-8,14,24H,6H2,(H,25,26). The van der Waals surface area contributed by atoms with Gasteiger partial charge in [-0.1, -0.05) is 29.8 Å². The van der Waals surface area contributed by atoms with Crippen molar-refractivity contribution >= 4 is 35.2 Å². The van der Waals surface area contributed by atoms with Crippen LogP contribution >= 0.6 is 23.2 Å². The van der Waals surface area contributed by atoms with Gasteiger partial charge in [0.1, 0.15) is 17.3 Å². The van der Waals surface area contributed by atoms with Crippen LogP contribution in [0.4, 0.5) is 0 Å². The maximum atomic E-state index is 12.0. The van der Waals surface area contributed by atoms with Gasteiger partial charge >= 0.3 is 5.97 Å². The highest BCUT2D eigenvalue weighted by molar-refractivity contribution is 6.31. The Kier molecular flexibility index (Phi) is 4.21. The minimum Gasteiger partial charge on any atom is -0.511 e. The largest absolute Gasteiger partial charge is 0.511 e. The Morgan fingerprint density at radius 3 is 2.67 bits per heavy atom. The number of aliphatic hydroxyl groups is 1. The Bertz CT molecular complexity index is 1150. The number of halogens is 2. The van der Waals surface area contributed by atoms with Gasteiger partial charge in [0.25, 0.3) is 0 Å². The van der Waals surface area contributed by atoms with Crippen LogP contribution in [-0.2, 0) is 6.42 Å². The van der Waals surface area contributed by atoms with Crippen molar-refractivity contribution in [2.45, 2.75) is 11.8 Å². The topological polar surface area (TPSA) is 87.7 Å². The number of aliphatic hydroxyl groups excluding tert-OH is 1. The molecule has 1 aromatic rings. The first-order valence-corrected chi connectivity index (χ1v) is 8.85. The van der Waals surface area contributed by atoms with Crippen LogP contribution < -0.4 is 5.43 Å². The zero-order valence-electron chi connectivity index (χ0n) is 13.7. The molecule has 3 aliphatic rings. The van der Waals surface area contributed by atoms with Gasteiger partial charge in [0.2, 0.25) is 5.43 Å². The number of hydrogen-bond acceptors (Lipinski definition) is 4. The third kappa shape index (κ3) is 2.89. The molecule has 5 nitrogen and oxygen atoms in total. The average Bonchev–Trinajstić information content (AvgIpc) is 2.63. The van der Waals surface area contributed by atoms with Gasteiger partial charge in [0.05, 0.1) is 16.0 Å². The van der Waals surface area contributed by atoms with E-state index in [-0.39, 0.29) is 28.5 Å². The van der Waals surface area contributed by atoms with Crippen LogP contribution in [0.2, 0.25) is 5.02 Å². The SMILES string of the molecule is O=C(O)c1ccccc1-c1c2cc(Cl)c(=O)cc-2oc2c1CC(Cl)C(O)=C2. The van der Waals surface area contributed by atoms with Crippen molar-refractivity contribution in [3.63, 3.8) is 0 Å². The van der Waals surface area contributed by atoms with Crippen molar-refractivity contribution < 1.29 is 19.4 Å². The molecule has 0 radical (unpaired) electrons. The molecule has 0 spiro atoms. The van der Waals surface area contributed by atoms with Crippen molar-refractivity contribution in [2.75, 3.05) is 0 Å². The van der Waals surface area contributed by atoms with Crippen molar-refractivity contribution in [3.05, 3.63) is 74.3 Å². The quantitative estimate of drug-likeness (QED) is 0.599. The van der Waals surface area contributed by atoms with Gasteiger partial charge in [-0.15, -0.1) is 11.6 Å². The molecular weight excluding hydrogens is 391 g/mol. The van der Waals surface area contributed by atoms with Gasteiger partial charge in [-0.3, -0.25) is 4.79 Å². The number of carboxylic acid groups (broad SMARTS) is 1. The summed E-state index contributed by atoms with van der Waals surface area (Å²) in [6.45, 7) is 0. The smallest absolute Gasteiger partial charge is 0.336 e. The Labute approximate surface area is 163 Å². The van der Waals surface area contributed by atoms with Crippen LogP contribution in [0.15, 0.2) is 51.4 Å². The van der Waals surface area contributed by atoms with E-state index in [2.05, 4.69) is 0 Å². The molecule has 7 heteroatoms. The Hall–Kier alpha value is -2.76. The average molecular weight is 403 g/mol. The monoisotopic (exact) mass is 402 g/mol. The summed E-state index contributed by atoms with van der Waals surface area (Å²) in [5.74, 6) is -0.568. The van der Waals surface area contributed by atoms with Gasteiger partial charge < -0.3 is 14.6 Å². The fraction of sp³-hybridized carbons (Fsp3) is 0.100. The zero-order chi connectivity index (χ0) is 19.3. The second kappa shape index (κ2) is 6.44. The van der Waals surface area contributed by atoms with Crippen LogP contribution in [0.3, 0.4) is 0 Å². The summed E-state index contributed by atoms with van der Waals surface area (Å²) in [4.78, 5) is 23.7. The Morgan fingerprint density at radius 2 is 1.93 bits per heavy atom. The molecule has 2 N–H and O–H groups in total. The Balaban J connectivity index is 2.17. The van der Waals surface area contributed by atoms with Crippen LogP contribution in [0.25, 0.3) is 28.5 Å². The van der Waals surface area contributed by atoms with E-state index in [0.29, 0.717) is 28.0 Å². The van der Waals surface area contributed by atoms with Crippen molar-refractivity contribution in [1.82, 2.24) is 0 Å². The molecule has 0 fully saturated rings. The maximum absolute atomic E-state index is 12.0. The molecule has 1 heterocycles. The summed E-state index contributed by atoms with van der Waals surface area (Å²) in [6, 6.07) is 9.26. The third-order valence-electron chi connectivity index (χ3n) is 4.53. The number of alkyl halides is 1. The van der Waals surface area contributed by atoms with Crippen LogP contribution in [-0.4, -0.2) is 21.6 Å². The molecule has 1 aliphatic heterocycles. The van der Waals surface area contributed by atoms with Crippen molar-refractivity contribution in [2.24, 2.45) is 0 Å². The number of aromatic carboxylic acids is 1. The molecule has 136 valence electrons. The highest BCUT2D eigenvalue weighted by atomic mass is 35.5. The van der Waals surface area contributed by atoms with Gasteiger partial charge in [0.15, 0.2) is 0 Å². The predicted molar refractivity (Wildman–Crippen MR) is 103 cm³/mol. The number of fused-ring (bicyclic) bond motifs is 2. The number of carbonyl (C=O) groups is 1. The van der Waals surface area contributed by atoms with E-state index in [4.69, 9.17) is 27.6 Å². The van der Waals surface area contributed by atoms with Crippen LogP contribution in [0.1, 0.15) is 21.7 Å². The fourth-order valence-corrected chi connectivity index (χ4v) is 3.68. The lowest BCUT2D eigenvalue weighted by molar-refractivity contribution is 0.0697. The second-order valence-corrected chi connectivity index (χ2v) is 7.12. The normalized spacial score (nSPS) is 16.1. The summed E-state index contributed by atoms with van der Waals surface area (Å²) in [5.41, 5.74) is 1.86. The molecule has 0 amide bonds. The summed E-state index contributed by atoms with van der Waals surface area (Å²) in [5, 5.41) is 18.9. The predicted octanol–water partition coefficient (Wildman–Crippen LogP) is 4.83. The number of benzene rings is 2. The summed E-state index contributed by atoms with van der Waals surface area (Å²) in [7, 11) is 0. The number of rotatable bonds is 2. The summed E-state index contributed by atoms with van der Waals surface area (Å²) >= 11 is 12.2. The number of hydrogen-bond donors (Lipinski definition) is 2. The van der Waals surface area contributed by atoms with E-state index < -0.39 is 16.8 Å². The lowest BCUT2D eigenvalue weighted by Gasteiger charge is -2.24. The highest BCUT2D eigenvalue weighted by Gasteiger charge is 2.29. The minimum atomic E-state index is -1.09. The first kappa shape index (κ1) is 17.6. The van der Waals surface area contributed by atoms with E-state index >= 15 is 0 Å². The molecule has 0 saturated heterocycles. The van der Waals surface area contributed by atoms with Crippen LogP contribution in [0, 0.1) is 0 Å². The fourth-order valence-electron chi connectivity index (χ4n) is 3.30. The van der Waals surface area contributed by atoms with E-state index in [9.17, 15) is 19.8 Å². The zero-order valence-corrected chi connectivity index (χ0v) is 15.2. The van der Waals surface area contributed by atoms with E-state index in [0.717, 1.165) is 0 Å². The lowest BCUT2D eigenvalue weighted by atomic mass is 9.86. The molecule has 1 aromatic carbocycles. The second-order valence-electron chi connectivity index (χ2n) is 6.19. The number of allylic oxidation sites excluding steroid dienone is 1. The molecule has 0 saturated carbocycles. The van der Waals surface area contributed by atoms with Gasteiger partial charge in [-0.05, 0) is 17.7 Å². The molecule has 4 rings (SSSR count). The Morgan fingerprint density at radius 1 is 1.19 bits per heavy atom. The first-order chi connectivity index (χ1) is 12.9. The third-order valence-corrected chi connectivity index (χ3v) is 5.21. The van der Waals surface area contributed by atoms with Crippen molar-refractivity contribution in [3.8, 4) is 22.5 Å². The molecule has 27 heavy (non-hydrogen) atoms. The molecule has 0 aromatic heterocycles. The highest BCUT2D eigenvalue weighted by Crippen LogP contribution is 2.43. The maximum Gasteiger partial charge on any atom is 0.336 e. The minimum absolute atomic E-state index is 0.00308. The molecule has 2 aliphatic carbocycles. The van der Waals surface area contributed by atoms with Gasteiger partial charge in [0, 0.05) is 35.3 Å². The molecule has 1 atom stereocenters. The van der Waals surface area contributed by atoms with E-state index in [1.165, 1.54) is 24.3 Å². The van der Waals surface area contributed by atoms with Crippen molar-refractivity contribution in [1.29, 1.82) is 0 Å². The number of carboxylic acids is 1. The molecule has 1 unspecified atom stereocenters. The summed E-state index contributed by atoms with van der Waals surface area (Å²) < 4.78 is 5.80. The van der Waals surface area contributed by atoms with E-state index in [1.807, 2.05) is 0 Å². The van der Waals surface area contributed by atoms with Crippen LogP contribution in [0.5, 0.6) is 0 Å². The molecular formula is C20H12Cl2O5.